The third-order valence-corrected chi connectivity index (χ3v) is 4.79. The molecule has 1 heterocycles. The minimum atomic E-state index is -0.0179. The zero-order valence-electron chi connectivity index (χ0n) is 11.4. The monoisotopic (exact) mass is 304 g/mol. The largest absolute Gasteiger partial charge is 0.342 e. The third kappa shape index (κ3) is 3.95. The molecule has 0 aliphatic carbocycles. The molecule has 1 saturated heterocycles. The first kappa shape index (κ1) is 15.0. The Morgan fingerprint density at radius 2 is 1.94 bits per heavy atom. The van der Waals surface area contributed by atoms with Gasteiger partial charge in [-0.3, -0.25) is 4.79 Å². The van der Waals surface area contributed by atoms with E-state index in [1.807, 2.05) is 18.9 Å². The first-order valence-electron chi connectivity index (χ1n) is 6.62. The first-order chi connectivity index (χ1) is 7.97. The Morgan fingerprint density at radius 3 is 2.35 bits per heavy atom. The molecule has 0 saturated carbocycles. The van der Waals surface area contributed by atoms with Gasteiger partial charge in [-0.25, -0.2) is 0 Å². The summed E-state index contributed by atoms with van der Waals surface area (Å²) < 4.78 is 0. The number of rotatable bonds is 4. The Hall–Kier alpha value is -0.0900. The molecule has 0 aromatic carbocycles. The number of amides is 1. The van der Waals surface area contributed by atoms with E-state index in [0.29, 0.717) is 12.1 Å². The highest BCUT2D eigenvalue weighted by Crippen LogP contribution is 2.19. The normalized spacial score (nSPS) is 20.6. The van der Waals surface area contributed by atoms with Crippen molar-refractivity contribution in [2.24, 2.45) is 0 Å². The molecule has 1 fully saturated rings. The Balaban J connectivity index is 2.45. The first-order valence-corrected chi connectivity index (χ1v) is 7.53. The van der Waals surface area contributed by atoms with Crippen LogP contribution in [-0.2, 0) is 4.79 Å². The lowest BCUT2D eigenvalue weighted by Crippen LogP contribution is -2.48. The van der Waals surface area contributed by atoms with Gasteiger partial charge in [0, 0.05) is 32.2 Å². The van der Waals surface area contributed by atoms with Gasteiger partial charge in [0.1, 0.15) is 0 Å². The lowest BCUT2D eigenvalue weighted by atomic mass is 10.0. The smallest absolute Gasteiger partial charge is 0.236 e. The number of carbonyl (C=O) groups excluding carboxylic acids is 1. The summed E-state index contributed by atoms with van der Waals surface area (Å²) >= 11 is 3.44. The van der Waals surface area contributed by atoms with Crippen LogP contribution in [0.5, 0.6) is 0 Å². The van der Waals surface area contributed by atoms with Crippen molar-refractivity contribution < 1.29 is 4.79 Å². The molecule has 0 radical (unpaired) electrons. The van der Waals surface area contributed by atoms with Crippen LogP contribution >= 0.6 is 15.9 Å². The Labute approximate surface area is 114 Å². The highest BCUT2D eigenvalue weighted by atomic mass is 79.9. The molecule has 1 unspecified atom stereocenters. The standard InChI is InChI=1S/C13H25BrN2O/c1-5-12(14)13(17)15(4)11-6-8-16(9-7-11)10(2)3/h10-12H,5-9H2,1-4H3. The van der Waals surface area contributed by atoms with Crippen LogP contribution in [0.15, 0.2) is 0 Å². The summed E-state index contributed by atoms with van der Waals surface area (Å²) in [5.74, 6) is 0.232. The van der Waals surface area contributed by atoms with Gasteiger partial charge in [-0.2, -0.15) is 0 Å². The number of carbonyl (C=O) groups is 1. The number of nitrogens with zero attached hydrogens (tertiary/aromatic N) is 2. The van der Waals surface area contributed by atoms with E-state index in [1.165, 1.54) is 0 Å². The molecule has 0 N–H and O–H groups in total. The predicted molar refractivity (Wildman–Crippen MR) is 75.5 cm³/mol. The molecule has 0 aromatic heterocycles. The fraction of sp³-hybridized carbons (Fsp3) is 0.923. The molecule has 1 atom stereocenters. The van der Waals surface area contributed by atoms with Gasteiger partial charge in [0.15, 0.2) is 0 Å². The summed E-state index contributed by atoms with van der Waals surface area (Å²) in [5.41, 5.74) is 0. The van der Waals surface area contributed by atoms with Gasteiger partial charge < -0.3 is 9.80 Å². The summed E-state index contributed by atoms with van der Waals surface area (Å²) in [6.45, 7) is 8.73. The lowest BCUT2D eigenvalue weighted by Gasteiger charge is -2.39. The molecule has 3 nitrogen and oxygen atoms in total. The fourth-order valence-corrected chi connectivity index (χ4v) is 2.69. The van der Waals surface area contributed by atoms with Gasteiger partial charge in [0.2, 0.25) is 5.91 Å². The van der Waals surface area contributed by atoms with E-state index in [-0.39, 0.29) is 10.7 Å². The second-order valence-corrected chi connectivity index (χ2v) is 6.29. The predicted octanol–water partition coefficient (Wildman–Crippen LogP) is 2.49. The molecule has 100 valence electrons. The number of alkyl halides is 1. The summed E-state index contributed by atoms with van der Waals surface area (Å²) in [7, 11) is 1.95. The van der Waals surface area contributed by atoms with E-state index in [9.17, 15) is 4.79 Å². The molecular weight excluding hydrogens is 280 g/mol. The maximum atomic E-state index is 12.1. The van der Waals surface area contributed by atoms with Crippen molar-refractivity contribution in [3.8, 4) is 0 Å². The average molecular weight is 305 g/mol. The second-order valence-electron chi connectivity index (χ2n) is 5.19. The van der Waals surface area contributed by atoms with Crippen LogP contribution < -0.4 is 0 Å². The van der Waals surface area contributed by atoms with Gasteiger partial charge in [-0.1, -0.05) is 22.9 Å². The summed E-state index contributed by atoms with van der Waals surface area (Å²) in [6.07, 6.45) is 3.06. The number of piperidine rings is 1. The van der Waals surface area contributed by atoms with E-state index in [1.54, 1.807) is 0 Å². The Kier molecular flexibility index (Phi) is 5.93. The average Bonchev–Trinajstić information content (AvgIpc) is 2.36. The summed E-state index contributed by atoms with van der Waals surface area (Å²) in [6, 6.07) is 1.04. The molecule has 1 aliphatic heterocycles. The molecule has 1 aliphatic rings. The lowest BCUT2D eigenvalue weighted by molar-refractivity contribution is -0.132. The van der Waals surface area contributed by atoms with Crippen LogP contribution in [0.25, 0.3) is 0 Å². The minimum absolute atomic E-state index is 0.0179. The molecule has 1 amide bonds. The van der Waals surface area contributed by atoms with Crippen molar-refractivity contribution in [1.82, 2.24) is 9.80 Å². The van der Waals surface area contributed by atoms with Crippen molar-refractivity contribution in [3.05, 3.63) is 0 Å². The fourth-order valence-electron chi connectivity index (χ4n) is 2.37. The molecule has 4 heteroatoms. The van der Waals surface area contributed by atoms with Crippen LogP contribution in [0, 0.1) is 0 Å². The third-order valence-electron chi connectivity index (χ3n) is 3.75. The van der Waals surface area contributed by atoms with E-state index in [0.717, 1.165) is 32.4 Å². The van der Waals surface area contributed by atoms with Gasteiger partial charge in [0.25, 0.3) is 0 Å². The molecular formula is C13H25BrN2O. The summed E-state index contributed by atoms with van der Waals surface area (Å²) in [4.78, 5) is 16.5. The van der Waals surface area contributed by atoms with Crippen molar-refractivity contribution in [2.75, 3.05) is 20.1 Å². The van der Waals surface area contributed by atoms with Crippen LogP contribution in [0.4, 0.5) is 0 Å². The van der Waals surface area contributed by atoms with Crippen molar-refractivity contribution in [1.29, 1.82) is 0 Å². The topological polar surface area (TPSA) is 23.6 Å². The van der Waals surface area contributed by atoms with E-state index < -0.39 is 0 Å². The van der Waals surface area contributed by atoms with Crippen molar-refractivity contribution in [3.63, 3.8) is 0 Å². The van der Waals surface area contributed by atoms with E-state index in [4.69, 9.17) is 0 Å². The summed E-state index contributed by atoms with van der Waals surface area (Å²) in [5, 5.41) is 0. The molecule has 17 heavy (non-hydrogen) atoms. The van der Waals surface area contributed by atoms with Gasteiger partial charge >= 0.3 is 0 Å². The van der Waals surface area contributed by atoms with Crippen LogP contribution in [0.3, 0.4) is 0 Å². The second kappa shape index (κ2) is 6.74. The number of hydrogen-bond acceptors (Lipinski definition) is 2. The maximum absolute atomic E-state index is 12.1. The highest BCUT2D eigenvalue weighted by Gasteiger charge is 2.28. The zero-order valence-corrected chi connectivity index (χ0v) is 13.0. The minimum Gasteiger partial charge on any atom is -0.342 e. The number of halogens is 1. The number of hydrogen-bond donors (Lipinski definition) is 0. The molecule has 0 aromatic rings. The van der Waals surface area contributed by atoms with Crippen molar-refractivity contribution >= 4 is 21.8 Å². The van der Waals surface area contributed by atoms with Crippen LogP contribution in [0.2, 0.25) is 0 Å². The van der Waals surface area contributed by atoms with Crippen molar-refractivity contribution in [2.45, 2.75) is 56.9 Å². The number of likely N-dealkylation sites (tertiary alicyclic amines) is 1. The highest BCUT2D eigenvalue weighted by molar-refractivity contribution is 9.10. The van der Waals surface area contributed by atoms with Gasteiger partial charge in [0.05, 0.1) is 4.83 Å². The molecule has 0 spiro atoms. The van der Waals surface area contributed by atoms with E-state index >= 15 is 0 Å². The molecule has 1 rings (SSSR count). The SMILES string of the molecule is CCC(Br)C(=O)N(C)C1CCN(C(C)C)CC1. The van der Waals surface area contributed by atoms with Gasteiger partial charge in [-0.15, -0.1) is 0 Å². The quantitative estimate of drug-likeness (QED) is 0.745. The maximum Gasteiger partial charge on any atom is 0.236 e. The van der Waals surface area contributed by atoms with Crippen LogP contribution in [-0.4, -0.2) is 52.8 Å². The Bertz CT molecular complexity index is 250. The van der Waals surface area contributed by atoms with Gasteiger partial charge in [-0.05, 0) is 33.1 Å². The molecule has 0 bridgehead atoms. The van der Waals surface area contributed by atoms with Crippen LogP contribution in [0.1, 0.15) is 40.0 Å². The zero-order chi connectivity index (χ0) is 13.0. The van der Waals surface area contributed by atoms with E-state index in [2.05, 4.69) is 34.7 Å². The Morgan fingerprint density at radius 1 is 1.41 bits per heavy atom.